The van der Waals surface area contributed by atoms with E-state index in [2.05, 4.69) is 16.0 Å². The summed E-state index contributed by atoms with van der Waals surface area (Å²) in [7, 11) is 0. The predicted octanol–water partition coefficient (Wildman–Crippen LogP) is 2.04. The number of hydrogen-bond donors (Lipinski definition) is 1. The van der Waals surface area contributed by atoms with E-state index in [0.717, 1.165) is 37.7 Å². The zero-order chi connectivity index (χ0) is 17.6. The van der Waals surface area contributed by atoms with Crippen LogP contribution in [0, 0.1) is 0 Å². The maximum atomic E-state index is 12.8. The zero-order valence-electron chi connectivity index (χ0n) is 14.7. The Hall–Kier alpha value is -2.15. The van der Waals surface area contributed by atoms with Crippen LogP contribution in [0.2, 0.25) is 0 Å². The van der Waals surface area contributed by atoms with Crippen molar-refractivity contribution in [3.8, 4) is 0 Å². The Morgan fingerprint density at radius 1 is 1.20 bits per heavy atom. The summed E-state index contributed by atoms with van der Waals surface area (Å²) in [6.07, 6.45) is 6.95. The molecular formula is C18H24N4O3. The molecule has 0 saturated carbocycles. The first-order valence-electron chi connectivity index (χ1n) is 9.22. The van der Waals surface area contributed by atoms with Crippen LogP contribution < -0.4 is 11.2 Å². The average molecular weight is 344 g/mol. The molecule has 1 saturated heterocycles. The smallest absolute Gasteiger partial charge is 0.332 e. The first-order chi connectivity index (χ1) is 12.1. The van der Waals surface area contributed by atoms with Crippen molar-refractivity contribution >= 4 is 16.7 Å². The van der Waals surface area contributed by atoms with Gasteiger partial charge >= 0.3 is 5.69 Å². The number of rotatable bonds is 5. The average Bonchev–Trinajstić information content (AvgIpc) is 3.19. The van der Waals surface area contributed by atoms with Gasteiger partial charge in [-0.1, -0.05) is 13.8 Å². The fourth-order valence-corrected chi connectivity index (χ4v) is 3.88. The van der Waals surface area contributed by atoms with E-state index in [-0.39, 0.29) is 23.5 Å². The van der Waals surface area contributed by atoms with Gasteiger partial charge in [-0.3, -0.25) is 13.9 Å². The minimum atomic E-state index is -0.274. The number of ether oxygens (including phenoxy) is 1. The van der Waals surface area contributed by atoms with E-state index in [0.29, 0.717) is 30.1 Å². The Morgan fingerprint density at radius 3 is 2.68 bits per heavy atom. The third kappa shape index (κ3) is 2.66. The van der Waals surface area contributed by atoms with Gasteiger partial charge in [-0.15, -0.1) is 0 Å². The van der Waals surface area contributed by atoms with E-state index in [1.54, 1.807) is 4.57 Å². The molecule has 25 heavy (non-hydrogen) atoms. The standard InChI is InChI=1S/C18H24N4O3/c1-3-7-21-16-14(17(23)22(8-4-2)18(21)24)19-15(20-16)11-9-12-5-6-13(10-11)25-12/h9,12-13H,3-8,10H2,1-2H3,(H,19,20). The maximum absolute atomic E-state index is 12.8. The third-order valence-electron chi connectivity index (χ3n) is 5.03. The van der Waals surface area contributed by atoms with Crippen LogP contribution in [0.4, 0.5) is 0 Å². The molecule has 7 nitrogen and oxygen atoms in total. The Labute approximate surface area is 145 Å². The molecule has 4 heterocycles. The van der Waals surface area contributed by atoms with Gasteiger partial charge in [0.2, 0.25) is 0 Å². The van der Waals surface area contributed by atoms with Crippen LogP contribution >= 0.6 is 0 Å². The van der Waals surface area contributed by atoms with Crippen LogP contribution in [0.15, 0.2) is 15.7 Å². The number of nitrogens with zero attached hydrogens (tertiary/aromatic N) is 3. The third-order valence-corrected chi connectivity index (χ3v) is 5.03. The second kappa shape index (κ2) is 6.29. The second-order valence-corrected chi connectivity index (χ2v) is 6.94. The molecule has 7 heteroatoms. The van der Waals surface area contributed by atoms with Crippen molar-refractivity contribution in [3.05, 3.63) is 32.7 Å². The van der Waals surface area contributed by atoms with Crippen LogP contribution in [0.1, 0.15) is 51.8 Å². The van der Waals surface area contributed by atoms with Crippen molar-refractivity contribution in [2.24, 2.45) is 0 Å². The molecule has 4 rings (SSSR count). The van der Waals surface area contributed by atoms with E-state index in [4.69, 9.17) is 4.74 Å². The molecule has 1 N–H and O–H groups in total. The van der Waals surface area contributed by atoms with Crippen molar-refractivity contribution < 1.29 is 4.74 Å². The van der Waals surface area contributed by atoms with Gasteiger partial charge in [-0.2, -0.15) is 0 Å². The van der Waals surface area contributed by atoms with Crippen LogP contribution in [-0.2, 0) is 17.8 Å². The molecule has 2 aromatic heterocycles. The first-order valence-corrected chi connectivity index (χ1v) is 9.22. The Bertz CT molecular complexity index is 950. The topological polar surface area (TPSA) is 81.9 Å². The van der Waals surface area contributed by atoms with Gasteiger partial charge in [-0.05, 0) is 37.3 Å². The molecule has 2 aliphatic rings. The number of aromatic nitrogens is 4. The molecule has 1 fully saturated rings. The summed E-state index contributed by atoms with van der Waals surface area (Å²) in [6.45, 7) is 4.95. The summed E-state index contributed by atoms with van der Waals surface area (Å²) in [5.41, 5.74) is 1.45. The number of hydrogen-bond acceptors (Lipinski definition) is 4. The Morgan fingerprint density at radius 2 is 1.96 bits per heavy atom. The molecular weight excluding hydrogens is 320 g/mol. The summed E-state index contributed by atoms with van der Waals surface area (Å²) in [5.74, 6) is 0.700. The first kappa shape index (κ1) is 16.3. The highest BCUT2D eigenvalue weighted by Gasteiger charge is 2.31. The normalized spacial score (nSPS) is 22.6. The van der Waals surface area contributed by atoms with Gasteiger partial charge in [0.1, 0.15) is 11.3 Å². The minimum Gasteiger partial charge on any atom is -0.371 e. The molecule has 0 aliphatic carbocycles. The van der Waals surface area contributed by atoms with Crippen molar-refractivity contribution in [2.45, 2.75) is 71.2 Å². The zero-order valence-corrected chi connectivity index (χ0v) is 14.7. The van der Waals surface area contributed by atoms with E-state index in [9.17, 15) is 9.59 Å². The van der Waals surface area contributed by atoms with Crippen LogP contribution in [-0.4, -0.2) is 31.3 Å². The number of imidazole rings is 1. The maximum Gasteiger partial charge on any atom is 0.332 e. The lowest BCUT2D eigenvalue weighted by Gasteiger charge is -2.19. The van der Waals surface area contributed by atoms with E-state index in [1.807, 2.05) is 13.8 Å². The van der Waals surface area contributed by atoms with Gasteiger partial charge in [0.05, 0.1) is 12.2 Å². The largest absolute Gasteiger partial charge is 0.371 e. The van der Waals surface area contributed by atoms with Crippen LogP contribution in [0.5, 0.6) is 0 Å². The highest BCUT2D eigenvalue weighted by molar-refractivity contribution is 5.75. The fraction of sp³-hybridized carbons (Fsp3) is 0.611. The number of aryl methyl sites for hydroxylation is 1. The second-order valence-electron chi connectivity index (χ2n) is 6.94. The number of nitrogens with one attached hydrogen (secondary N) is 1. The lowest BCUT2D eigenvalue weighted by molar-refractivity contribution is 0.0670. The molecule has 0 amide bonds. The van der Waals surface area contributed by atoms with Crippen molar-refractivity contribution in [1.29, 1.82) is 0 Å². The van der Waals surface area contributed by atoms with E-state index in [1.165, 1.54) is 4.57 Å². The highest BCUT2D eigenvalue weighted by Crippen LogP contribution is 2.35. The lowest BCUT2D eigenvalue weighted by atomic mass is 10.1. The molecule has 134 valence electrons. The summed E-state index contributed by atoms with van der Waals surface area (Å²) >= 11 is 0. The van der Waals surface area contributed by atoms with Crippen molar-refractivity contribution in [2.75, 3.05) is 0 Å². The van der Waals surface area contributed by atoms with E-state index < -0.39 is 0 Å². The quantitative estimate of drug-likeness (QED) is 0.900. The molecule has 0 aromatic carbocycles. The van der Waals surface area contributed by atoms with Crippen molar-refractivity contribution in [1.82, 2.24) is 19.1 Å². The molecule has 2 unspecified atom stereocenters. The fourth-order valence-electron chi connectivity index (χ4n) is 3.88. The molecule has 2 aromatic rings. The highest BCUT2D eigenvalue weighted by atomic mass is 16.5. The van der Waals surface area contributed by atoms with Gasteiger partial charge in [0, 0.05) is 19.5 Å². The summed E-state index contributed by atoms with van der Waals surface area (Å²) < 4.78 is 8.79. The van der Waals surface area contributed by atoms with Gasteiger partial charge in [0.15, 0.2) is 5.65 Å². The summed E-state index contributed by atoms with van der Waals surface area (Å²) in [5, 5.41) is 0. The van der Waals surface area contributed by atoms with Gasteiger partial charge in [-0.25, -0.2) is 9.78 Å². The Balaban J connectivity index is 1.90. The number of aromatic amines is 1. The number of fused-ring (bicyclic) bond motifs is 3. The predicted molar refractivity (Wildman–Crippen MR) is 95.7 cm³/mol. The van der Waals surface area contributed by atoms with Crippen LogP contribution in [0.25, 0.3) is 16.7 Å². The van der Waals surface area contributed by atoms with Gasteiger partial charge < -0.3 is 9.72 Å². The monoisotopic (exact) mass is 344 g/mol. The molecule has 0 spiro atoms. The molecule has 0 radical (unpaired) electrons. The minimum absolute atomic E-state index is 0.150. The summed E-state index contributed by atoms with van der Waals surface area (Å²) in [6, 6.07) is 0. The molecule has 2 bridgehead atoms. The summed E-state index contributed by atoms with van der Waals surface area (Å²) in [4.78, 5) is 33.3. The SMILES string of the molecule is CCCn1c(=O)c2[nH]c(C3=CC4CCC(C3)O4)nc2n(CCC)c1=O. The van der Waals surface area contributed by atoms with E-state index >= 15 is 0 Å². The van der Waals surface area contributed by atoms with Crippen LogP contribution in [0.3, 0.4) is 0 Å². The van der Waals surface area contributed by atoms with Gasteiger partial charge in [0.25, 0.3) is 5.56 Å². The lowest BCUT2D eigenvalue weighted by Crippen LogP contribution is -2.40. The molecule has 2 atom stereocenters. The number of H-pyrrole nitrogens is 1. The van der Waals surface area contributed by atoms with Crippen molar-refractivity contribution in [3.63, 3.8) is 0 Å². The Kier molecular flexibility index (Phi) is 4.11. The molecule has 2 aliphatic heterocycles.